The number of hydrogen-bond acceptors (Lipinski definition) is 9. The van der Waals surface area contributed by atoms with Crippen molar-refractivity contribution in [2.45, 2.75) is 30.1 Å². The monoisotopic (exact) mass is 640 g/mol. The van der Waals surface area contributed by atoms with E-state index in [2.05, 4.69) is 17.2 Å². The van der Waals surface area contributed by atoms with E-state index in [4.69, 9.17) is 39.8 Å². The molecule has 0 bridgehead atoms. The lowest BCUT2D eigenvalue weighted by molar-refractivity contribution is -0.0964. The Morgan fingerprint density at radius 3 is 1.98 bits per heavy atom. The molecule has 4 aromatic rings. The quantitative estimate of drug-likeness (QED) is 0.156. The molecule has 13 heteroatoms. The fraction of sp³-hybridized carbons (Fsp3) is 0.267. The Balaban J connectivity index is 1.43. The van der Waals surface area contributed by atoms with Gasteiger partial charge in [-0.05, 0) is 52.8 Å². The molecule has 10 nitrogen and oxygen atoms in total. The second kappa shape index (κ2) is 12.0. The maximum Gasteiger partial charge on any atom is 0.330 e. The van der Waals surface area contributed by atoms with Crippen LogP contribution in [0.3, 0.4) is 0 Å². The molecule has 224 valence electrons. The van der Waals surface area contributed by atoms with Crippen LogP contribution in [0.5, 0.6) is 11.5 Å². The molecular formula is C30H29N2O8PS2. The van der Waals surface area contributed by atoms with Gasteiger partial charge in [0, 0.05) is 12.3 Å². The lowest BCUT2D eigenvalue weighted by atomic mass is 9.80. The lowest BCUT2D eigenvalue weighted by Gasteiger charge is -2.37. The number of ether oxygens (including phenoxy) is 4. The van der Waals surface area contributed by atoms with Crippen molar-refractivity contribution in [3.8, 4) is 11.5 Å². The number of rotatable bonds is 9. The number of thiol groups is 1. The smallest absolute Gasteiger partial charge is 0.330 e. The highest BCUT2D eigenvalue weighted by atomic mass is 32.9. The van der Waals surface area contributed by atoms with Crippen molar-refractivity contribution in [1.82, 2.24) is 9.55 Å². The van der Waals surface area contributed by atoms with E-state index in [1.165, 1.54) is 16.8 Å². The number of benzene rings is 3. The minimum absolute atomic E-state index is 0.0230. The Morgan fingerprint density at radius 2 is 1.42 bits per heavy atom. The average molecular weight is 641 g/mol. The predicted molar refractivity (Wildman–Crippen MR) is 167 cm³/mol. The van der Waals surface area contributed by atoms with E-state index < -0.39 is 47.1 Å². The van der Waals surface area contributed by atoms with Crippen molar-refractivity contribution >= 4 is 29.7 Å². The number of aromatic amines is 1. The van der Waals surface area contributed by atoms with Crippen LogP contribution in [-0.4, -0.2) is 48.7 Å². The second-order valence-electron chi connectivity index (χ2n) is 10.0. The molecule has 2 aliphatic heterocycles. The molecule has 0 radical (unpaired) electrons. The molecule has 2 fully saturated rings. The normalized spacial score (nSPS) is 24.9. The number of fused-ring (bicyclic) bond motifs is 1. The van der Waals surface area contributed by atoms with Crippen LogP contribution in [-0.2, 0) is 35.9 Å². The topological polar surface area (TPSA) is 110 Å². The van der Waals surface area contributed by atoms with Crippen molar-refractivity contribution in [3.05, 3.63) is 129 Å². The molecule has 1 N–H and O–H groups in total. The molecule has 3 heterocycles. The molecular weight excluding hydrogens is 611 g/mol. The number of H-pyrrole nitrogens is 1. The van der Waals surface area contributed by atoms with E-state index >= 15 is 0 Å². The summed E-state index contributed by atoms with van der Waals surface area (Å²) in [6, 6.07) is 26.4. The minimum atomic E-state index is -2.92. The van der Waals surface area contributed by atoms with Crippen LogP contribution in [0.2, 0.25) is 0 Å². The largest absolute Gasteiger partial charge is 0.497 e. The summed E-state index contributed by atoms with van der Waals surface area (Å²) in [7, 11) is 3.23. The van der Waals surface area contributed by atoms with Gasteiger partial charge in [0.05, 0.1) is 20.8 Å². The van der Waals surface area contributed by atoms with Gasteiger partial charge in [-0.15, -0.1) is 0 Å². The van der Waals surface area contributed by atoms with Crippen molar-refractivity contribution < 1.29 is 28.0 Å². The Morgan fingerprint density at radius 1 is 0.860 bits per heavy atom. The van der Waals surface area contributed by atoms with E-state index in [0.29, 0.717) is 11.5 Å². The molecule has 0 amide bonds. The van der Waals surface area contributed by atoms with Gasteiger partial charge < -0.3 is 28.0 Å². The molecule has 1 unspecified atom stereocenters. The summed E-state index contributed by atoms with van der Waals surface area (Å²) in [5, 5.41) is 0. The molecule has 0 saturated carbocycles. The average Bonchev–Trinajstić information content (AvgIpc) is 3.51. The number of nitrogens with one attached hydrogen (secondary N) is 1. The van der Waals surface area contributed by atoms with E-state index in [9.17, 15) is 9.59 Å². The Hall–Kier alpha value is -3.22. The molecule has 2 saturated heterocycles. The van der Waals surface area contributed by atoms with Gasteiger partial charge in [-0.3, -0.25) is 14.3 Å². The van der Waals surface area contributed by atoms with Gasteiger partial charge >= 0.3 is 5.69 Å². The summed E-state index contributed by atoms with van der Waals surface area (Å²) >= 11 is 9.91. The summed E-state index contributed by atoms with van der Waals surface area (Å²) in [4.78, 5) is 26.7. The van der Waals surface area contributed by atoms with Crippen LogP contribution < -0.4 is 20.7 Å². The minimum Gasteiger partial charge on any atom is -0.497 e. The van der Waals surface area contributed by atoms with Crippen LogP contribution in [0.4, 0.5) is 0 Å². The zero-order valence-corrected chi connectivity index (χ0v) is 25.8. The molecule has 5 atom stereocenters. The SMILES string of the molecule is COc1ccc(C(OC[C@H]2O[C@@H](n3ccc(=O)[nH]c3=O)[C@@H]3OP(=S)(S)O[C@@H]32)(c2ccccc2)c2ccc(OC)cc2)cc1. The van der Waals surface area contributed by atoms with Crippen molar-refractivity contribution in [2.24, 2.45) is 0 Å². The molecule has 0 spiro atoms. The van der Waals surface area contributed by atoms with Gasteiger partial charge in [0.15, 0.2) is 6.23 Å². The van der Waals surface area contributed by atoms with E-state index in [1.54, 1.807) is 14.2 Å². The van der Waals surface area contributed by atoms with Gasteiger partial charge in [0.25, 0.3) is 5.56 Å². The molecule has 1 aromatic heterocycles. The first kappa shape index (κ1) is 29.8. The number of nitrogens with zero attached hydrogens (tertiary/aromatic N) is 1. The van der Waals surface area contributed by atoms with Gasteiger partial charge in [-0.25, -0.2) is 4.79 Å². The summed E-state index contributed by atoms with van der Waals surface area (Å²) in [6.07, 6.45) is -1.68. The summed E-state index contributed by atoms with van der Waals surface area (Å²) in [5.74, 6) is 1.40. The summed E-state index contributed by atoms with van der Waals surface area (Å²) < 4.78 is 37.6. The van der Waals surface area contributed by atoms with E-state index in [1.807, 2.05) is 78.9 Å². The zero-order valence-electron chi connectivity index (χ0n) is 23.2. The molecule has 43 heavy (non-hydrogen) atoms. The van der Waals surface area contributed by atoms with Crippen LogP contribution in [0.15, 0.2) is 101 Å². The van der Waals surface area contributed by atoms with Crippen molar-refractivity contribution in [3.63, 3.8) is 0 Å². The van der Waals surface area contributed by atoms with E-state index in [0.717, 1.165) is 16.7 Å². The number of hydrogen-bond donors (Lipinski definition) is 2. The highest BCUT2D eigenvalue weighted by molar-refractivity contribution is 8.60. The number of aromatic nitrogens is 2. The molecule has 3 aromatic carbocycles. The first-order valence-electron chi connectivity index (χ1n) is 13.4. The third-order valence-electron chi connectivity index (χ3n) is 7.56. The first-order chi connectivity index (χ1) is 20.7. The maximum atomic E-state index is 12.7. The van der Waals surface area contributed by atoms with Crippen LogP contribution >= 0.6 is 17.9 Å². The zero-order chi connectivity index (χ0) is 30.2. The second-order valence-corrected chi connectivity index (χ2v) is 15.2. The molecule has 6 rings (SSSR count). The van der Waals surface area contributed by atoms with Crippen molar-refractivity contribution in [2.75, 3.05) is 20.8 Å². The number of methoxy groups -OCH3 is 2. The summed E-state index contributed by atoms with van der Waals surface area (Å²) in [6.45, 7) is 0.0230. The standard InChI is InChI=1S/C30H29N2O8PS2/c1-35-22-12-8-20(9-13-22)30(19-6-4-3-5-7-19,21-10-14-23(36-2)15-11-21)37-18-24-26-27(40-41(42,43)39-26)28(38-24)32-17-16-25(33)31-29(32)34/h3-17,24,26-28H,18H2,1-2H3,(H,42,43)(H,31,33,34)/t24-,26-,27-,28-/m1/s1. The van der Waals surface area contributed by atoms with Gasteiger partial charge in [0.1, 0.15) is 35.4 Å². The third-order valence-corrected chi connectivity index (χ3v) is 9.66. The van der Waals surface area contributed by atoms with Crippen molar-refractivity contribution in [1.29, 1.82) is 0 Å². The predicted octanol–water partition coefficient (Wildman–Crippen LogP) is 4.40. The van der Waals surface area contributed by atoms with Crippen LogP contribution in [0.25, 0.3) is 0 Å². The van der Waals surface area contributed by atoms with Crippen LogP contribution in [0, 0.1) is 0 Å². The highest BCUT2D eigenvalue weighted by Crippen LogP contribution is 2.64. The molecule has 2 aliphatic rings. The fourth-order valence-electron chi connectivity index (χ4n) is 5.55. The Kier molecular flexibility index (Phi) is 8.36. The van der Waals surface area contributed by atoms with Gasteiger partial charge in [0.2, 0.25) is 5.69 Å². The van der Waals surface area contributed by atoms with Gasteiger partial charge in [-0.1, -0.05) is 66.8 Å². The lowest BCUT2D eigenvalue weighted by Crippen LogP contribution is -2.39. The fourth-order valence-corrected chi connectivity index (χ4v) is 7.94. The Bertz CT molecular complexity index is 1700. The van der Waals surface area contributed by atoms with Crippen LogP contribution in [0.1, 0.15) is 22.9 Å². The summed E-state index contributed by atoms with van der Waals surface area (Å²) in [5.41, 5.74) is -2.63. The van der Waals surface area contributed by atoms with E-state index in [-0.39, 0.29) is 6.61 Å². The molecule has 0 aliphatic carbocycles. The highest BCUT2D eigenvalue weighted by Gasteiger charge is 2.56. The maximum absolute atomic E-state index is 12.7. The Labute approximate surface area is 257 Å². The third kappa shape index (κ3) is 5.72. The van der Waals surface area contributed by atoms with Gasteiger partial charge in [-0.2, -0.15) is 0 Å². The first-order valence-corrected chi connectivity index (χ1v) is 17.2.